The molecule has 0 fully saturated rings. The Morgan fingerprint density at radius 2 is 1.95 bits per heavy atom. The van der Waals surface area contributed by atoms with Gasteiger partial charge in [-0.3, -0.25) is 9.59 Å². The molecule has 0 aliphatic carbocycles. The first-order valence-corrected chi connectivity index (χ1v) is 6.54. The molecule has 0 aliphatic heterocycles. The van der Waals surface area contributed by atoms with Crippen molar-refractivity contribution in [3.63, 3.8) is 0 Å². The van der Waals surface area contributed by atoms with Gasteiger partial charge in [-0.2, -0.15) is 0 Å². The normalized spacial score (nSPS) is 13.6. The van der Waals surface area contributed by atoms with Crippen LogP contribution in [0.5, 0.6) is 0 Å². The number of hydrogen-bond donors (Lipinski definition) is 1. The van der Waals surface area contributed by atoms with Crippen LogP contribution in [0.2, 0.25) is 0 Å². The van der Waals surface area contributed by atoms with Gasteiger partial charge in [-0.05, 0) is 26.3 Å². The molecule has 1 N–H and O–H groups in total. The molecule has 0 bridgehead atoms. The molecule has 0 heterocycles. The van der Waals surface area contributed by atoms with Crippen molar-refractivity contribution in [3.05, 3.63) is 35.4 Å². The maximum atomic E-state index is 12.2. The molecule has 110 valence electrons. The summed E-state index contributed by atoms with van der Waals surface area (Å²) in [6.45, 7) is 5.41. The number of carbonyl (C=O) groups is 2. The van der Waals surface area contributed by atoms with Crippen LogP contribution in [-0.4, -0.2) is 36.9 Å². The first kappa shape index (κ1) is 16.2. The molecule has 1 aromatic rings. The number of ether oxygens (including phenoxy) is 2. The fourth-order valence-electron chi connectivity index (χ4n) is 1.95. The molecule has 1 atom stereocenters. The lowest BCUT2D eigenvalue weighted by atomic mass is 9.80. The van der Waals surface area contributed by atoms with E-state index in [2.05, 4.69) is 0 Å². The van der Waals surface area contributed by atoms with Gasteiger partial charge in [0.1, 0.15) is 0 Å². The highest BCUT2D eigenvalue weighted by molar-refractivity contribution is 6.05. The summed E-state index contributed by atoms with van der Waals surface area (Å²) < 4.78 is 10.2. The summed E-state index contributed by atoms with van der Waals surface area (Å²) in [6, 6.07) is 6.83. The second kappa shape index (κ2) is 7.05. The van der Waals surface area contributed by atoms with Crippen molar-refractivity contribution in [3.8, 4) is 0 Å². The van der Waals surface area contributed by atoms with E-state index in [9.17, 15) is 14.7 Å². The second-order valence-corrected chi connectivity index (χ2v) is 4.44. The van der Waals surface area contributed by atoms with Crippen LogP contribution in [-0.2, 0) is 24.5 Å². The van der Waals surface area contributed by atoms with E-state index < -0.39 is 17.4 Å². The maximum Gasteiger partial charge on any atom is 0.330 e. The van der Waals surface area contributed by atoms with Crippen molar-refractivity contribution >= 4 is 11.9 Å². The van der Waals surface area contributed by atoms with Gasteiger partial charge in [0.2, 0.25) is 5.41 Å². The van der Waals surface area contributed by atoms with E-state index in [1.807, 2.05) is 13.0 Å². The number of carbonyl (C=O) groups excluding carboxylic acids is 1. The Morgan fingerprint density at radius 1 is 1.25 bits per heavy atom. The van der Waals surface area contributed by atoms with Crippen LogP contribution >= 0.6 is 0 Å². The van der Waals surface area contributed by atoms with Crippen molar-refractivity contribution in [1.82, 2.24) is 0 Å². The summed E-state index contributed by atoms with van der Waals surface area (Å²) in [4.78, 5) is 24.0. The summed E-state index contributed by atoms with van der Waals surface area (Å²) in [5.41, 5.74) is -0.580. The number of carboxylic acids is 1. The second-order valence-electron chi connectivity index (χ2n) is 4.44. The molecule has 20 heavy (non-hydrogen) atoms. The van der Waals surface area contributed by atoms with E-state index in [0.29, 0.717) is 12.2 Å². The Morgan fingerprint density at radius 3 is 2.45 bits per heavy atom. The molecule has 0 amide bonds. The van der Waals surface area contributed by atoms with E-state index >= 15 is 0 Å². The maximum absolute atomic E-state index is 12.2. The Labute approximate surface area is 118 Å². The number of aliphatic carboxylic acids is 1. The van der Waals surface area contributed by atoms with Gasteiger partial charge in [-0.15, -0.1) is 0 Å². The third kappa shape index (κ3) is 3.17. The lowest BCUT2D eigenvalue weighted by Crippen LogP contribution is -2.49. The number of esters is 1. The molecule has 1 rings (SSSR count). The van der Waals surface area contributed by atoms with Crippen molar-refractivity contribution in [1.29, 1.82) is 0 Å². The van der Waals surface area contributed by atoms with Gasteiger partial charge >= 0.3 is 11.9 Å². The SMILES string of the molecule is CCOCC(C(=O)O)(C(=O)OCC)c1cccc(C)c1. The van der Waals surface area contributed by atoms with Gasteiger partial charge in [0.25, 0.3) is 0 Å². The van der Waals surface area contributed by atoms with E-state index in [1.54, 1.807) is 32.0 Å². The summed E-state index contributed by atoms with van der Waals surface area (Å²) in [7, 11) is 0. The Balaban J connectivity index is 3.36. The third-order valence-electron chi connectivity index (χ3n) is 3.02. The van der Waals surface area contributed by atoms with Crippen molar-refractivity contribution in [2.24, 2.45) is 0 Å². The van der Waals surface area contributed by atoms with Crippen LogP contribution in [0.4, 0.5) is 0 Å². The Bertz CT molecular complexity index is 483. The highest BCUT2D eigenvalue weighted by Gasteiger charge is 2.50. The zero-order chi connectivity index (χ0) is 15.2. The first-order valence-electron chi connectivity index (χ1n) is 6.54. The third-order valence-corrected chi connectivity index (χ3v) is 3.02. The zero-order valence-corrected chi connectivity index (χ0v) is 12.0. The number of carboxylic acid groups (broad SMARTS) is 1. The van der Waals surface area contributed by atoms with Gasteiger partial charge in [0.15, 0.2) is 0 Å². The van der Waals surface area contributed by atoms with E-state index in [1.165, 1.54) is 0 Å². The average molecular weight is 280 g/mol. The van der Waals surface area contributed by atoms with Crippen LogP contribution in [0.3, 0.4) is 0 Å². The highest BCUT2D eigenvalue weighted by Crippen LogP contribution is 2.28. The van der Waals surface area contributed by atoms with Crippen molar-refractivity contribution in [2.45, 2.75) is 26.2 Å². The van der Waals surface area contributed by atoms with Crippen LogP contribution in [0.1, 0.15) is 25.0 Å². The zero-order valence-electron chi connectivity index (χ0n) is 12.0. The summed E-state index contributed by atoms with van der Waals surface area (Å²) in [5.74, 6) is -2.07. The van der Waals surface area contributed by atoms with Crippen LogP contribution in [0, 0.1) is 6.92 Å². The van der Waals surface area contributed by atoms with Gasteiger partial charge in [-0.1, -0.05) is 29.8 Å². The first-order chi connectivity index (χ1) is 9.48. The standard InChI is InChI=1S/C15H20O5/c1-4-19-10-15(13(16)17,14(18)20-5-2)12-8-6-7-11(3)9-12/h6-9H,4-5,10H2,1-3H3,(H,16,17). The van der Waals surface area contributed by atoms with Gasteiger partial charge in [0, 0.05) is 6.61 Å². The van der Waals surface area contributed by atoms with Crippen molar-refractivity contribution < 1.29 is 24.2 Å². The molecule has 0 aromatic heterocycles. The molecular weight excluding hydrogens is 260 g/mol. The summed E-state index contributed by atoms with van der Waals surface area (Å²) >= 11 is 0. The lowest BCUT2D eigenvalue weighted by Gasteiger charge is -2.27. The number of hydrogen-bond acceptors (Lipinski definition) is 4. The minimum absolute atomic E-state index is 0.117. The molecular formula is C15H20O5. The molecule has 1 unspecified atom stereocenters. The molecule has 1 aromatic carbocycles. The smallest absolute Gasteiger partial charge is 0.330 e. The van der Waals surface area contributed by atoms with Gasteiger partial charge in [-0.25, -0.2) is 0 Å². The molecule has 0 saturated heterocycles. The van der Waals surface area contributed by atoms with Crippen LogP contribution < -0.4 is 0 Å². The van der Waals surface area contributed by atoms with Crippen LogP contribution in [0.15, 0.2) is 24.3 Å². The van der Waals surface area contributed by atoms with E-state index in [0.717, 1.165) is 5.56 Å². The highest BCUT2D eigenvalue weighted by atomic mass is 16.5. The molecule has 0 radical (unpaired) electrons. The van der Waals surface area contributed by atoms with E-state index in [-0.39, 0.29) is 13.2 Å². The van der Waals surface area contributed by atoms with Gasteiger partial charge < -0.3 is 14.6 Å². The fourth-order valence-corrected chi connectivity index (χ4v) is 1.95. The lowest BCUT2D eigenvalue weighted by molar-refractivity contribution is -0.165. The average Bonchev–Trinajstić information content (AvgIpc) is 2.39. The fraction of sp³-hybridized carbons (Fsp3) is 0.467. The molecule has 0 aliphatic rings. The quantitative estimate of drug-likeness (QED) is 0.610. The summed E-state index contributed by atoms with van der Waals surface area (Å²) in [6.07, 6.45) is 0. The summed E-state index contributed by atoms with van der Waals surface area (Å²) in [5, 5.41) is 9.61. The Kier molecular flexibility index (Phi) is 5.70. The number of aryl methyl sites for hydroxylation is 1. The molecule has 5 nitrogen and oxygen atoms in total. The van der Waals surface area contributed by atoms with Crippen molar-refractivity contribution in [2.75, 3.05) is 19.8 Å². The predicted molar refractivity (Wildman–Crippen MR) is 73.6 cm³/mol. The largest absolute Gasteiger partial charge is 0.480 e. The monoisotopic (exact) mass is 280 g/mol. The Hall–Kier alpha value is -1.88. The van der Waals surface area contributed by atoms with Gasteiger partial charge in [0.05, 0.1) is 13.2 Å². The minimum atomic E-state index is -1.82. The molecule has 5 heteroatoms. The van der Waals surface area contributed by atoms with E-state index in [4.69, 9.17) is 9.47 Å². The van der Waals surface area contributed by atoms with Crippen LogP contribution in [0.25, 0.3) is 0 Å². The predicted octanol–water partition coefficient (Wildman–Crippen LogP) is 1.92. The topological polar surface area (TPSA) is 72.8 Å². The number of rotatable bonds is 7. The number of benzene rings is 1. The minimum Gasteiger partial charge on any atom is -0.480 e. The molecule has 0 saturated carbocycles. The molecule has 0 spiro atoms.